The lowest BCUT2D eigenvalue weighted by molar-refractivity contribution is 0.669. The van der Waals surface area contributed by atoms with Gasteiger partial charge in [-0.1, -0.05) is 164 Å². The van der Waals surface area contributed by atoms with Crippen molar-refractivity contribution in [1.82, 2.24) is 15.0 Å². The second-order valence-corrected chi connectivity index (χ2v) is 14.0. The number of hydrogen-bond acceptors (Lipinski definition) is 4. The average molecular weight is 702 g/mol. The minimum absolute atomic E-state index is 0.596. The van der Waals surface area contributed by atoms with Crippen LogP contribution >= 0.6 is 0 Å². The summed E-state index contributed by atoms with van der Waals surface area (Å²) in [7, 11) is 0. The summed E-state index contributed by atoms with van der Waals surface area (Å²) in [6, 6.07) is 65.8. The third-order valence-electron chi connectivity index (χ3n) is 10.7. The largest absolute Gasteiger partial charge is 0.456 e. The van der Waals surface area contributed by atoms with Crippen LogP contribution < -0.4 is 0 Å². The van der Waals surface area contributed by atoms with Gasteiger partial charge in [-0.05, 0) is 78.8 Å². The molecular formula is C51H31N3O. The van der Waals surface area contributed by atoms with Crippen molar-refractivity contribution in [3.63, 3.8) is 0 Å². The molecule has 0 spiro atoms. The molecule has 0 radical (unpaired) electrons. The van der Waals surface area contributed by atoms with Crippen molar-refractivity contribution >= 4 is 54.3 Å². The maximum atomic E-state index is 6.50. The molecule has 0 aliphatic rings. The number of nitrogens with zero attached hydrogens (tertiary/aromatic N) is 3. The van der Waals surface area contributed by atoms with Crippen molar-refractivity contribution in [2.75, 3.05) is 0 Å². The van der Waals surface area contributed by atoms with Crippen molar-refractivity contribution in [1.29, 1.82) is 0 Å². The van der Waals surface area contributed by atoms with E-state index in [-0.39, 0.29) is 0 Å². The van der Waals surface area contributed by atoms with E-state index in [4.69, 9.17) is 19.4 Å². The predicted octanol–water partition coefficient (Wildman–Crippen LogP) is 13.6. The summed E-state index contributed by atoms with van der Waals surface area (Å²) in [6.07, 6.45) is 0. The van der Waals surface area contributed by atoms with E-state index in [1.54, 1.807) is 0 Å². The van der Waals surface area contributed by atoms with Crippen LogP contribution in [0.25, 0.3) is 111 Å². The Labute approximate surface area is 317 Å². The maximum Gasteiger partial charge on any atom is 0.164 e. The van der Waals surface area contributed by atoms with Gasteiger partial charge in [-0.15, -0.1) is 0 Å². The number of aromatic nitrogens is 3. The second-order valence-electron chi connectivity index (χ2n) is 14.0. The third-order valence-corrected chi connectivity index (χ3v) is 10.7. The van der Waals surface area contributed by atoms with E-state index in [1.165, 1.54) is 37.9 Å². The molecule has 11 aromatic rings. The molecule has 4 heteroatoms. The van der Waals surface area contributed by atoms with Crippen LogP contribution in [0.3, 0.4) is 0 Å². The molecule has 256 valence electrons. The van der Waals surface area contributed by atoms with E-state index in [2.05, 4.69) is 140 Å². The highest BCUT2D eigenvalue weighted by molar-refractivity contribution is 6.25. The molecule has 0 unspecified atom stereocenters. The van der Waals surface area contributed by atoms with Gasteiger partial charge in [-0.2, -0.15) is 0 Å². The Morgan fingerprint density at radius 3 is 1.38 bits per heavy atom. The first-order valence-electron chi connectivity index (χ1n) is 18.5. The molecule has 0 saturated heterocycles. The molecule has 0 aliphatic carbocycles. The Bertz CT molecular complexity index is 3210. The zero-order chi connectivity index (χ0) is 36.3. The first-order valence-corrected chi connectivity index (χ1v) is 18.5. The summed E-state index contributed by atoms with van der Waals surface area (Å²) in [5.41, 5.74) is 8.91. The Balaban J connectivity index is 1.08. The summed E-state index contributed by atoms with van der Waals surface area (Å²) < 4.78 is 6.50. The van der Waals surface area contributed by atoms with Crippen molar-refractivity contribution in [3.05, 3.63) is 188 Å². The minimum atomic E-state index is 0.596. The van der Waals surface area contributed by atoms with Crippen molar-refractivity contribution in [2.45, 2.75) is 0 Å². The predicted molar refractivity (Wildman–Crippen MR) is 227 cm³/mol. The molecule has 0 aliphatic heterocycles. The van der Waals surface area contributed by atoms with E-state index in [0.717, 1.165) is 55.3 Å². The molecule has 0 fully saturated rings. The van der Waals surface area contributed by atoms with Gasteiger partial charge in [-0.25, -0.2) is 15.0 Å². The SMILES string of the molecule is c1ccc(-c2ccc(-c3nc(-c4ccccc4)nc(-c4cccc5oc6ccc(-c7ccc8c9ccccc9c9ccccc9c8c7)cc6c45)n3)cc2)cc1. The summed E-state index contributed by atoms with van der Waals surface area (Å²) in [4.78, 5) is 15.3. The number of fused-ring (bicyclic) bond motifs is 9. The summed E-state index contributed by atoms with van der Waals surface area (Å²) in [5.74, 6) is 1.83. The van der Waals surface area contributed by atoms with E-state index in [1.807, 2.05) is 48.5 Å². The van der Waals surface area contributed by atoms with Gasteiger partial charge in [-0.3, -0.25) is 0 Å². The molecular weight excluding hydrogens is 671 g/mol. The lowest BCUT2D eigenvalue weighted by atomic mass is 9.92. The molecule has 0 saturated carbocycles. The Morgan fingerprint density at radius 1 is 0.273 bits per heavy atom. The lowest BCUT2D eigenvalue weighted by Gasteiger charge is -2.12. The maximum absolute atomic E-state index is 6.50. The molecule has 9 aromatic carbocycles. The van der Waals surface area contributed by atoms with E-state index in [9.17, 15) is 0 Å². The van der Waals surface area contributed by atoms with Crippen LogP contribution in [0, 0.1) is 0 Å². The number of benzene rings is 9. The summed E-state index contributed by atoms with van der Waals surface area (Å²) >= 11 is 0. The molecule has 0 N–H and O–H groups in total. The molecule has 55 heavy (non-hydrogen) atoms. The summed E-state index contributed by atoms with van der Waals surface area (Å²) in [6.45, 7) is 0. The average Bonchev–Trinajstić information content (AvgIpc) is 3.65. The molecule has 2 aromatic heterocycles. The van der Waals surface area contributed by atoms with Crippen LogP contribution in [0.4, 0.5) is 0 Å². The molecule has 0 atom stereocenters. The van der Waals surface area contributed by atoms with Crippen LogP contribution in [0.2, 0.25) is 0 Å². The van der Waals surface area contributed by atoms with Crippen molar-refractivity contribution in [3.8, 4) is 56.4 Å². The topological polar surface area (TPSA) is 51.8 Å². The van der Waals surface area contributed by atoms with Gasteiger partial charge in [0.2, 0.25) is 0 Å². The highest BCUT2D eigenvalue weighted by atomic mass is 16.3. The molecule has 0 bridgehead atoms. The van der Waals surface area contributed by atoms with Crippen LogP contribution in [0.1, 0.15) is 0 Å². The van der Waals surface area contributed by atoms with Gasteiger partial charge < -0.3 is 4.42 Å². The quantitative estimate of drug-likeness (QED) is 0.168. The van der Waals surface area contributed by atoms with Crippen molar-refractivity contribution in [2.24, 2.45) is 0 Å². The van der Waals surface area contributed by atoms with E-state index >= 15 is 0 Å². The smallest absolute Gasteiger partial charge is 0.164 e. The third kappa shape index (κ3) is 5.26. The fourth-order valence-electron chi connectivity index (χ4n) is 8.06. The normalized spacial score (nSPS) is 11.6. The standard InChI is InChI=1S/C51H31N3O/c1-3-12-32(13-4-1)33-22-24-35(25-23-33)50-52-49(34-14-5-2-6-15-34)53-51(54-50)43-20-11-21-47-48(43)45-31-37(27-29-46(45)55-47)36-26-28-42-40-18-8-7-16-38(40)39-17-9-10-19-41(39)44(42)30-36/h1-31H. The van der Waals surface area contributed by atoms with Gasteiger partial charge in [0.15, 0.2) is 17.5 Å². The molecule has 4 nitrogen and oxygen atoms in total. The van der Waals surface area contributed by atoms with Gasteiger partial charge in [0.1, 0.15) is 11.2 Å². The Kier molecular flexibility index (Phi) is 7.14. The molecule has 11 rings (SSSR count). The van der Waals surface area contributed by atoms with E-state index in [0.29, 0.717) is 17.5 Å². The number of hydrogen-bond donors (Lipinski definition) is 0. The Hall–Kier alpha value is -7.43. The van der Waals surface area contributed by atoms with Crippen LogP contribution in [0.5, 0.6) is 0 Å². The fraction of sp³-hybridized carbons (Fsp3) is 0. The van der Waals surface area contributed by atoms with Crippen LogP contribution in [0.15, 0.2) is 192 Å². The van der Waals surface area contributed by atoms with Crippen LogP contribution in [-0.4, -0.2) is 15.0 Å². The highest BCUT2D eigenvalue weighted by Gasteiger charge is 2.19. The second kappa shape index (κ2) is 12.6. The van der Waals surface area contributed by atoms with Gasteiger partial charge in [0, 0.05) is 27.5 Å². The summed E-state index contributed by atoms with van der Waals surface area (Å²) in [5, 5.41) is 9.55. The Morgan fingerprint density at radius 2 is 0.727 bits per heavy atom. The zero-order valence-electron chi connectivity index (χ0n) is 29.6. The zero-order valence-corrected chi connectivity index (χ0v) is 29.6. The first kappa shape index (κ1) is 31.1. The fourth-order valence-corrected chi connectivity index (χ4v) is 8.06. The number of furan rings is 1. The molecule has 0 amide bonds. The lowest BCUT2D eigenvalue weighted by Crippen LogP contribution is -2.00. The molecule has 2 heterocycles. The monoisotopic (exact) mass is 701 g/mol. The first-order chi connectivity index (χ1) is 27.2. The van der Waals surface area contributed by atoms with Crippen LogP contribution in [-0.2, 0) is 0 Å². The van der Waals surface area contributed by atoms with Gasteiger partial charge in [0.05, 0.1) is 0 Å². The van der Waals surface area contributed by atoms with Crippen molar-refractivity contribution < 1.29 is 4.42 Å². The number of rotatable bonds is 5. The minimum Gasteiger partial charge on any atom is -0.456 e. The van der Waals surface area contributed by atoms with Gasteiger partial charge >= 0.3 is 0 Å². The van der Waals surface area contributed by atoms with E-state index < -0.39 is 0 Å². The highest BCUT2D eigenvalue weighted by Crippen LogP contribution is 2.41. The van der Waals surface area contributed by atoms with Gasteiger partial charge in [0.25, 0.3) is 0 Å².